The number of anilines is 6. The van der Waals surface area contributed by atoms with E-state index in [0.29, 0.717) is 0 Å². The molecular formula is C55H42N2. The van der Waals surface area contributed by atoms with Gasteiger partial charge in [0.25, 0.3) is 0 Å². The van der Waals surface area contributed by atoms with Gasteiger partial charge in [-0.2, -0.15) is 0 Å². The molecule has 0 saturated carbocycles. The van der Waals surface area contributed by atoms with Gasteiger partial charge in [-0.1, -0.05) is 178 Å². The van der Waals surface area contributed by atoms with Crippen molar-refractivity contribution >= 4 is 44.9 Å². The van der Waals surface area contributed by atoms with Crippen molar-refractivity contribution in [2.24, 2.45) is 0 Å². The highest BCUT2D eigenvalue weighted by Crippen LogP contribution is 2.55. The molecule has 0 unspecified atom stereocenters. The Kier molecular flexibility index (Phi) is 8.53. The molecule has 10 rings (SSSR count). The highest BCUT2D eigenvalue weighted by atomic mass is 15.2. The summed E-state index contributed by atoms with van der Waals surface area (Å²) < 4.78 is 0. The summed E-state index contributed by atoms with van der Waals surface area (Å²) in [5.41, 5.74) is 16.6. The molecule has 0 saturated heterocycles. The highest BCUT2D eigenvalue weighted by molar-refractivity contribution is 6.07. The maximum absolute atomic E-state index is 2.52. The minimum Gasteiger partial charge on any atom is -0.311 e. The van der Waals surface area contributed by atoms with Crippen LogP contribution in [0.3, 0.4) is 0 Å². The molecule has 0 fully saturated rings. The second-order valence-corrected chi connectivity index (χ2v) is 15.4. The third-order valence-corrected chi connectivity index (χ3v) is 11.6. The molecule has 0 aromatic heterocycles. The number of hydrogen-bond donors (Lipinski definition) is 0. The zero-order chi connectivity index (χ0) is 38.3. The van der Waals surface area contributed by atoms with Crippen LogP contribution >= 0.6 is 0 Å². The van der Waals surface area contributed by atoms with E-state index in [4.69, 9.17) is 0 Å². The van der Waals surface area contributed by atoms with Crippen LogP contribution in [0.5, 0.6) is 0 Å². The third kappa shape index (κ3) is 6.07. The number of fused-ring (bicyclic) bond motifs is 3. The fourth-order valence-electron chi connectivity index (χ4n) is 8.73. The number of rotatable bonds is 7. The van der Waals surface area contributed by atoms with Crippen LogP contribution in [0.2, 0.25) is 0 Å². The largest absolute Gasteiger partial charge is 0.311 e. The van der Waals surface area contributed by atoms with E-state index in [0.717, 1.165) is 17.1 Å². The maximum Gasteiger partial charge on any atom is 0.0618 e. The van der Waals surface area contributed by atoms with Crippen molar-refractivity contribution in [3.8, 4) is 33.4 Å². The van der Waals surface area contributed by atoms with E-state index in [9.17, 15) is 0 Å². The second kappa shape index (κ2) is 14.2. The Morgan fingerprint density at radius 3 is 1.54 bits per heavy atom. The molecule has 0 amide bonds. The van der Waals surface area contributed by atoms with Gasteiger partial charge >= 0.3 is 0 Å². The predicted molar refractivity (Wildman–Crippen MR) is 242 cm³/mol. The van der Waals surface area contributed by atoms with Crippen LogP contribution in [-0.4, -0.2) is 0 Å². The van der Waals surface area contributed by atoms with E-state index in [1.54, 1.807) is 0 Å². The molecule has 1 aliphatic heterocycles. The van der Waals surface area contributed by atoms with Gasteiger partial charge < -0.3 is 9.80 Å². The predicted octanol–water partition coefficient (Wildman–Crippen LogP) is 15.4. The summed E-state index contributed by atoms with van der Waals surface area (Å²) >= 11 is 0. The molecule has 0 bridgehead atoms. The lowest BCUT2D eigenvalue weighted by Gasteiger charge is -2.43. The molecule has 0 spiro atoms. The van der Waals surface area contributed by atoms with Crippen LogP contribution in [0.15, 0.2) is 218 Å². The minimum atomic E-state index is -0.230. The molecule has 0 radical (unpaired) electrons. The smallest absolute Gasteiger partial charge is 0.0618 e. The summed E-state index contributed by atoms with van der Waals surface area (Å²) in [6.45, 7) is 4.74. The topological polar surface area (TPSA) is 6.48 Å². The Morgan fingerprint density at radius 2 is 0.860 bits per heavy atom. The summed E-state index contributed by atoms with van der Waals surface area (Å²) in [6.07, 6.45) is 0. The van der Waals surface area contributed by atoms with Crippen LogP contribution in [0.25, 0.3) is 44.2 Å². The van der Waals surface area contributed by atoms with E-state index in [1.807, 2.05) is 0 Å². The van der Waals surface area contributed by atoms with Gasteiger partial charge in [0.05, 0.1) is 17.1 Å². The molecule has 0 aliphatic carbocycles. The zero-order valence-electron chi connectivity index (χ0n) is 32.2. The molecule has 57 heavy (non-hydrogen) atoms. The average molecular weight is 731 g/mol. The molecule has 9 aromatic rings. The fraction of sp³-hybridized carbons (Fsp3) is 0.0545. The lowest BCUT2D eigenvalue weighted by Crippen LogP contribution is -2.31. The van der Waals surface area contributed by atoms with Gasteiger partial charge in [-0.3, -0.25) is 0 Å². The summed E-state index contributed by atoms with van der Waals surface area (Å²) in [4.78, 5) is 4.85. The van der Waals surface area contributed by atoms with Crippen molar-refractivity contribution in [2.75, 3.05) is 9.80 Å². The third-order valence-electron chi connectivity index (χ3n) is 11.6. The van der Waals surface area contributed by atoms with E-state index in [2.05, 4.69) is 242 Å². The summed E-state index contributed by atoms with van der Waals surface area (Å²) in [5, 5.41) is 2.46. The molecule has 0 atom stereocenters. The molecule has 272 valence electrons. The first-order valence-corrected chi connectivity index (χ1v) is 19.8. The van der Waals surface area contributed by atoms with E-state index in [-0.39, 0.29) is 5.41 Å². The SMILES string of the molecule is CC1(C)c2ccccc2N(c2c(-c3ccccc3)ccc3ccccc23)c2ccc(-c3ccc(N(c4ccccc4)c4ccc(-c5ccccc5)cc4)cc3)cc21. The Bertz CT molecular complexity index is 2840. The van der Waals surface area contributed by atoms with Gasteiger partial charge in [0.1, 0.15) is 0 Å². The van der Waals surface area contributed by atoms with Crippen LogP contribution in [0.1, 0.15) is 25.0 Å². The summed E-state index contributed by atoms with van der Waals surface area (Å²) in [5.74, 6) is 0. The first-order valence-electron chi connectivity index (χ1n) is 19.8. The van der Waals surface area contributed by atoms with Gasteiger partial charge in [-0.15, -0.1) is 0 Å². The Hall–Kier alpha value is -7.16. The molecule has 2 heteroatoms. The molecule has 9 aromatic carbocycles. The van der Waals surface area contributed by atoms with Gasteiger partial charge in [-0.25, -0.2) is 0 Å². The Morgan fingerprint density at radius 1 is 0.368 bits per heavy atom. The average Bonchev–Trinajstić information content (AvgIpc) is 3.28. The first kappa shape index (κ1) is 34.3. The maximum atomic E-state index is 2.52. The molecule has 1 heterocycles. The van der Waals surface area contributed by atoms with Crippen molar-refractivity contribution < 1.29 is 0 Å². The van der Waals surface area contributed by atoms with Crippen molar-refractivity contribution in [2.45, 2.75) is 19.3 Å². The monoisotopic (exact) mass is 730 g/mol. The quantitative estimate of drug-likeness (QED) is 0.161. The van der Waals surface area contributed by atoms with Crippen molar-refractivity contribution in [1.29, 1.82) is 0 Å². The Balaban J connectivity index is 1.08. The van der Waals surface area contributed by atoms with Gasteiger partial charge in [0.2, 0.25) is 0 Å². The molecule has 2 nitrogen and oxygen atoms in total. The molecular weight excluding hydrogens is 689 g/mol. The van der Waals surface area contributed by atoms with Crippen LogP contribution < -0.4 is 9.80 Å². The van der Waals surface area contributed by atoms with Gasteiger partial charge in [0, 0.05) is 33.4 Å². The zero-order valence-corrected chi connectivity index (χ0v) is 32.2. The number of para-hydroxylation sites is 2. The van der Waals surface area contributed by atoms with E-state index < -0.39 is 0 Å². The summed E-state index contributed by atoms with van der Waals surface area (Å²) in [6, 6.07) is 79.3. The number of hydrogen-bond acceptors (Lipinski definition) is 2. The Labute approximate surface area is 335 Å². The van der Waals surface area contributed by atoms with Crippen LogP contribution in [-0.2, 0) is 5.41 Å². The fourth-order valence-corrected chi connectivity index (χ4v) is 8.73. The van der Waals surface area contributed by atoms with Crippen LogP contribution in [0, 0.1) is 0 Å². The molecule has 1 aliphatic rings. The molecule has 0 N–H and O–H groups in total. The second-order valence-electron chi connectivity index (χ2n) is 15.4. The van der Waals surface area contributed by atoms with Crippen molar-refractivity contribution in [3.05, 3.63) is 230 Å². The van der Waals surface area contributed by atoms with Crippen molar-refractivity contribution in [1.82, 2.24) is 0 Å². The standard InChI is InChI=1S/C55H42N2/c1-55(2)50-24-14-15-25-52(50)57(54-48-23-13-12-20-43(48)30-36-49(54)42-18-8-4-9-19-42)53-37-31-44(38-51(53)55)41-28-34-47(35-29-41)56(45-21-10-5-11-22-45)46-32-26-40(27-33-46)39-16-6-3-7-17-39/h3-38H,1-2H3. The van der Waals surface area contributed by atoms with E-state index >= 15 is 0 Å². The lowest BCUT2D eigenvalue weighted by molar-refractivity contribution is 0.632. The van der Waals surface area contributed by atoms with Crippen molar-refractivity contribution in [3.63, 3.8) is 0 Å². The number of benzene rings is 9. The lowest BCUT2D eigenvalue weighted by atomic mass is 9.72. The number of nitrogens with zero attached hydrogens (tertiary/aromatic N) is 2. The highest BCUT2D eigenvalue weighted by Gasteiger charge is 2.38. The minimum absolute atomic E-state index is 0.230. The van der Waals surface area contributed by atoms with Crippen LogP contribution in [0.4, 0.5) is 34.1 Å². The van der Waals surface area contributed by atoms with E-state index in [1.165, 1.54) is 72.3 Å². The normalized spacial score (nSPS) is 12.8. The summed E-state index contributed by atoms with van der Waals surface area (Å²) in [7, 11) is 0. The van der Waals surface area contributed by atoms with Gasteiger partial charge in [-0.05, 0) is 98.9 Å². The van der Waals surface area contributed by atoms with Gasteiger partial charge in [0.15, 0.2) is 0 Å². The first-order chi connectivity index (χ1) is 28.0.